The molecular formula is C51H32N2O2. The van der Waals surface area contributed by atoms with E-state index >= 15 is 0 Å². The largest absolute Gasteiger partial charge is 0.456 e. The second-order valence-electron chi connectivity index (χ2n) is 14.0. The summed E-state index contributed by atoms with van der Waals surface area (Å²) < 4.78 is 12.6. The summed E-state index contributed by atoms with van der Waals surface area (Å²) in [6.45, 7) is 0. The first kappa shape index (κ1) is 31.1. The van der Waals surface area contributed by atoms with E-state index in [1.54, 1.807) is 0 Å². The van der Waals surface area contributed by atoms with Crippen LogP contribution in [0.15, 0.2) is 203 Å². The molecule has 0 aliphatic rings. The van der Waals surface area contributed by atoms with Gasteiger partial charge in [0.2, 0.25) is 5.89 Å². The number of rotatable bonds is 6. The first-order valence-corrected chi connectivity index (χ1v) is 18.5. The van der Waals surface area contributed by atoms with Gasteiger partial charge in [-0.1, -0.05) is 121 Å². The molecule has 0 aliphatic heterocycles. The van der Waals surface area contributed by atoms with Gasteiger partial charge in [-0.25, -0.2) is 4.98 Å². The van der Waals surface area contributed by atoms with E-state index in [0.717, 1.165) is 66.8 Å². The van der Waals surface area contributed by atoms with Gasteiger partial charge in [-0.15, -0.1) is 0 Å². The Kier molecular flexibility index (Phi) is 7.14. The predicted octanol–water partition coefficient (Wildman–Crippen LogP) is 14.5. The lowest BCUT2D eigenvalue weighted by Gasteiger charge is -2.26. The molecule has 55 heavy (non-hydrogen) atoms. The summed E-state index contributed by atoms with van der Waals surface area (Å²) in [6, 6.07) is 68.4. The average molecular weight is 705 g/mol. The fraction of sp³-hybridized carbons (Fsp3) is 0. The van der Waals surface area contributed by atoms with Gasteiger partial charge in [0.1, 0.15) is 16.7 Å². The Labute approximate surface area is 317 Å². The fourth-order valence-electron chi connectivity index (χ4n) is 7.93. The summed E-state index contributed by atoms with van der Waals surface area (Å²) in [6.07, 6.45) is 0. The molecule has 11 aromatic rings. The van der Waals surface area contributed by atoms with Crippen molar-refractivity contribution >= 4 is 71.6 Å². The van der Waals surface area contributed by atoms with E-state index < -0.39 is 0 Å². The van der Waals surface area contributed by atoms with Crippen LogP contribution in [0.25, 0.3) is 88.3 Å². The van der Waals surface area contributed by atoms with Gasteiger partial charge in [0, 0.05) is 39.5 Å². The third-order valence-electron chi connectivity index (χ3n) is 10.7. The van der Waals surface area contributed by atoms with Crippen molar-refractivity contribution in [1.29, 1.82) is 0 Å². The smallest absolute Gasteiger partial charge is 0.227 e. The normalized spacial score (nSPS) is 11.6. The summed E-state index contributed by atoms with van der Waals surface area (Å²) in [5.41, 5.74) is 11.9. The third kappa shape index (κ3) is 5.43. The summed E-state index contributed by atoms with van der Waals surface area (Å²) in [7, 11) is 0. The predicted molar refractivity (Wildman–Crippen MR) is 227 cm³/mol. The zero-order valence-electron chi connectivity index (χ0n) is 29.7. The Hall–Kier alpha value is -7.43. The Balaban J connectivity index is 0.976. The van der Waals surface area contributed by atoms with Crippen molar-refractivity contribution in [3.05, 3.63) is 194 Å². The Morgan fingerprint density at radius 1 is 0.327 bits per heavy atom. The number of aromatic nitrogens is 1. The summed E-state index contributed by atoms with van der Waals surface area (Å²) in [5, 5.41) is 7.02. The standard InChI is InChI=1S/C51H32N2O2/c1-3-10-33(11-4-1)37-15-9-16-41(28-37)53(42-25-27-44-39(29-42)19-18-35-12-7-8-17-43(35)44)40-23-20-34(21-24-40)38-22-26-45-46-31-50-47(32-49(46)54-48(45)30-38)52-51(55-50)36-13-5-2-6-14-36/h1-32H. The van der Waals surface area contributed by atoms with Gasteiger partial charge in [0.15, 0.2) is 5.58 Å². The maximum Gasteiger partial charge on any atom is 0.227 e. The van der Waals surface area contributed by atoms with Crippen LogP contribution in [0, 0.1) is 0 Å². The first-order chi connectivity index (χ1) is 27.2. The molecule has 0 spiro atoms. The first-order valence-electron chi connectivity index (χ1n) is 18.5. The number of benzene rings is 9. The number of oxazole rings is 1. The molecule has 0 atom stereocenters. The highest BCUT2D eigenvalue weighted by Crippen LogP contribution is 2.41. The lowest BCUT2D eigenvalue weighted by atomic mass is 10.00. The molecule has 2 aromatic heterocycles. The lowest BCUT2D eigenvalue weighted by molar-refractivity contribution is 0.620. The number of hydrogen-bond donors (Lipinski definition) is 0. The van der Waals surface area contributed by atoms with E-state index in [9.17, 15) is 0 Å². The molecule has 11 rings (SSSR count). The van der Waals surface area contributed by atoms with Crippen molar-refractivity contribution in [2.24, 2.45) is 0 Å². The van der Waals surface area contributed by atoms with E-state index in [1.165, 1.54) is 32.7 Å². The van der Waals surface area contributed by atoms with E-state index in [4.69, 9.17) is 13.8 Å². The number of nitrogens with zero attached hydrogens (tertiary/aromatic N) is 2. The summed E-state index contributed by atoms with van der Waals surface area (Å²) in [5.74, 6) is 0.606. The molecule has 4 nitrogen and oxygen atoms in total. The van der Waals surface area contributed by atoms with Gasteiger partial charge in [-0.2, -0.15) is 0 Å². The van der Waals surface area contributed by atoms with Crippen LogP contribution in [0.2, 0.25) is 0 Å². The highest BCUT2D eigenvalue weighted by atomic mass is 16.4. The second kappa shape index (κ2) is 12.6. The van der Waals surface area contributed by atoms with Crippen LogP contribution in [0.3, 0.4) is 0 Å². The molecule has 0 fully saturated rings. The maximum absolute atomic E-state index is 6.43. The van der Waals surface area contributed by atoms with Gasteiger partial charge in [0.25, 0.3) is 0 Å². The van der Waals surface area contributed by atoms with Crippen LogP contribution >= 0.6 is 0 Å². The molecular weight excluding hydrogens is 673 g/mol. The quantitative estimate of drug-likeness (QED) is 0.162. The van der Waals surface area contributed by atoms with Crippen LogP contribution < -0.4 is 4.90 Å². The van der Waals surface area contributed by atoms with E-state index in [0.29, 0.717) is 5.89 Å². The topological polar surface area (TPSA) is 42.4 Å². The summed E-state index contributed by atoms with van der Waals surface area (Å²) in [4.78, 5) is 7.10. The van der Waals surface area contributed by atoms with E-state index in [2.05, 4.69) is 157 Å². The molecule has 0 amide bonds. The molecule has 258 valence electrons. The molecule has 2 heterocycles. The zero-order chi connectivity index (χ0) is 36.3. The van der Waals surface area contributed by atoms with Crippen molar-refractivity contribution < 1.29 is 8.83 Å². The van der Waals surface area contributed by atoms with Crippen LogP contribution in [0.4, 0.5) is 17.1 Å². The minimum atomic E-state index is 0.606. The average Bonchev–Trinajstić information content (AvgIpc) is 3.84. The molecule has 9 aromatic carbocycles. The molecule has 0 saturated carbocycles. The van der Waals surface area contributed by atoms with Gasteiger partial charge in [-0.05, 0) is 111 Å². The van der Waals surface area contributed by atoms with Gasteiger partial charge < -0.3 is 13.7 Å². The zero-order valence-corrected chi connectivity index (χ0v) is 29.7. The van der Waals surface area contributed by atoms with Crippen molar-refractivity contribution in [2.75, 3.05) is 4.90 Å². The third-order valence-corrected chi connectivity index (χ3v) is 10.7. The van der Waals surface area contributed by atoms with Gasteiger partial charge in [-0.3, -0.25) is 0 Å². The van der Waals surface area contributed by atoms with Crippen molar-refractivity contribution in [1.82, 2.24) is 4.98 Å². The minimum absolute atomic E-state index is 0.606. The fourth-order valence-corrected chi connectivity index (χ4v) is 7.93. The highest BCUT2D eigenvalue weighted by Gasteiger charge is 2.17. The van der Waals surface area contributed by atoms with Crippen molar-refractivity contribution in [2.45, 2.75) is 0 Å². The van der Waals surface area contributed by atoms with Crippen LogP contribution in [0.1, 0.15) is 0 Å². The van der Waals surface area contributed by atoms with E-state index in [-0.39, 0.29) is 0 Å². The monoisotopic (exact) mass is 704 g/mol. The Morgan fingerprint density at radius 2 is 0.945 bits per heavy atom. The lowest BCUT2D eigenvalue weighted by Crippen LogP contribution is -2.10. The minimum Gasteiger partial charge on any atom is -0.456 e. The molecule has 0 bridgehead atoms. The number of hydrogen-bond acceptors (Lipinski definition) is 4. The molecule has 0 unspecified atom stereocenters. The number of anilines is 3. The van der Waals surface area contributed by atoms with Crippen LogP contribution in [-0.2, 0) is 0 Å². The van der Waals surface area contributed by atoms with Crippen molar-refractivity contribution in [3.63, 3.8) is 0 Å². The highest BCUT2D eigenvalue weighted by molar-refractivity contribution is 6.10. The summed E-state index contributed by atoms with van der Waals surface area (Å²) >= 11 is 0. The van der Waals surface area contributed by atoms with Crippen LogP contribution in [-0.4, -0.2) is 4.98 Å². The molecule has 0 aliphatic carbocycles. The van der Waals surface area contributed by atoms with Gasteiger partial charge in [0.05, 0.1) is 0 Å². The SMILES string of the molecule is c1ccc(-c2cccc(N(c3ccc(-c4ccc5c(c4)oc4cc6nc(-c7ccccc7)oc6cc45)cc3)c3ccc4c(ccc5ccccc54)c3)c2)cc1. The number of fused-ring (bicyclic) bond motifs is 7. The Bertz CT molecular complexity index is 3200. The van der Waals surface area contributed by atoms with Crippen LogP contribution in [0.5, 0.6) is 0 Å². The molecule has 0 saturated heterocycles. The maximum atomic E-state index is 6.43. The Morgan fingerprint density at radius 3 is 1.80 bits per heavy atom. The molecule has 4 heteroatoms. The van der Waals surface area contributed by atoms with E-state index in [1.807, 2.05) is 42.5 Å². The number of furan rings is 1. The second-order valence-corrected chi connectivity index (χ2v) is 14.0. The molecule has 0 radical (unpaired) electrons. The van der Waals surface area contributed by atoms with Gasteiger partial charge >= 0.3 is 0 Å². The molecule has 0 N–H and O–H groups in total. The van der Waals surface area contributed by atoms with Crippen molar-refractivity contribution in [3.8, 4) is 33.7 Å².